The lowest BCUT2D eigenvalue weighted by molar-refractivity contribution is 0.324. The Morgan fingerprint density at radius 2 is 1.48 bits per heavy atom. The Balaban J connectivity index is 2.15. The van der Waals surface area contributed by atoms with Crippen molar-refractivity contribution in [3.8, 4) is 34.2 Å². The van der Waals surface area contributed by atoms with Gasteiger partial charge in [-0.1, -0.05) is 0 Å². The minimum absolute atomic E-state index is 0.486. The molecular weight excluding hydrogens is 328 g/mol. The lowest BCUT2D eigenvalue weighted by atomic mass is 10.1. The first-order chi connectivity index (χ1) is 12.1. The maximum atomic E-state index is 13.6. The summed E-state index contributed by atoms with van der Waals surface area (Å²) in [4.78, 5) is 0. The summed E-state index contributed by atoms with van der Waals surface area (Å²) in [5, 5.41) is 0. The molecule has 2 aromatic carbocycles. The zero-order chi connectivity index (χ0) is 18.0. The molecule has 3 rings (SSSR count). The quantitative estimate of drug-likeness (QED) is 0.685. The molecule has 0 spiro atoms. The van der Waals surface area contributed by atoms with Gasteiger partial charge in [-0.05, 0) is 36.4 Å². The maximum absolute atomic E-state index is 13.6. The standard InChI is InChI=1S/C19H17F2NO3/c1-23-17-9-12(10-18(24-2)19(17)25-3)16-5-4-8-22(16)13-6-7-14(20)15(21)11-13/h4-11H,1-3H3. The normalized spacial score (nSPS) is 10.6. The summed E-state index contributed by atoms with van der Waals surface area (Å²) in [5.74, 6) is -0.281. The molecule has 1 heterocycles. The molecule has 0 radical (unpaired) electrons. The molecule has 0 aliphatic carbocycles. The first-order valence-electron chi connectivity index (χ1n) is 7.52. The molecule has 0 unspecified atom stereocenters. The molecule has 0 amide bonds. The number of nitrogens with zero attached hydrogens (tertiary/aromatic N) is 1. The average molecular weight is 345 g/mol. The van der Waals surface area contributed by atoms with Gasteiger partial charge in [0.05, 0.1) is 27.0 Å². The van der Waals surface area contributed by atoms with Crippen LogP contribution in [-0.2, 0) is 0 Å². The molecule has 25 heavy (non-hydrogen) atoms. The van der Waals surface area contributed by atoms with Gasteiger partial charge in [0, 0.05) is 23.5 Å². The van der Waals surface area contributed by atoms with E-state index in [-0.39, 0.29) is 0 Å². The van der Waals surface area contributed by atoms with Gasteiger partial charge in [0.15, 0.2) is 23.1 Å². The van der Waals surface area contributed by atoms with Crippen molar-refractivity contribution >= 4 is 0 Å². The van der Waals surface area contributed by atoms with Crippen LogP contribution < -0.4 is 14.2 Å². The number of hydrogen-bond acceptors (Lipinski definition) is 3. The van der Waals surface area contributed by atoms with Crippen LogP contribution in [0.15, 0.2) is 48.7 Å². The second-order valence-electron chi connectivity index (χ2n) is 5.28. The van der Waals surface area contributed by atoms with Gasteiger partial charge in [-0.2, -0.15) is 0 Å². The third kappa shape index (κ3) is 3.03. The van der Waals surface area contributed by atoms with E-state index in [9.17, 15) is 8.78 Å². The van der Waals surface area contributed by atoms with Crippen molar-refractivity contribution in [3.63, 3.8) is 0 Å². The van der Waals surface area contributed by atoms with E-state index in [1.54, 1.807) is 22.9 Å². The zero-order valence-electron chi connectivity index (χ0n) is 14.0. The fourth-order valence-electron chi connectivity index (χ4n) is 2.71. The molecule has 0 saturated heterocycles. The third-order valence-corrected chi connectivity index (χ3v) is 3.89. The van der Waals surface area contributed by atoms with Crippen molar-refractivity contribution < 1.29 is 23.0 Å². The van der Waals surface area contributed by atoms with Crippen LogP contribution in [0.1, 0.15) is 0 Å². The second-order valence-corrected chi connectivity index (χ2v) is 5.28. The molecule has 0 bridgehead atoms. The van der Waals surface area contributed by atoms with Crippen molar-refractivity contribution in [2.45, 2.75) is 0 Å². The fourth-order valence-corrected chi connectivity index (χ4v) is 2.71. The van der Waals surface area contributed by atoms with E-state index in [0.717, 1.165) is 23.4 Å². The van der Waals surface area contributed by atoms with Crippen LogP contribution in [0.5, 0.6) is 17.2 Å². The van der Waals surface area contributed by atoms with E-state index in [0.29, 0.717) is 22.9 Å². The number of ether oxygens (including phenoxy) is 3. The van der Waals surface area contributed by atoms with Crippen molar-refractivity contribution in [2.75, 3.05) is 21.3 Å². The van der Waals surface area contributed by atoms with Crippen molar-refractivity contribution in [3.05, 3.63) is 60.3 Å². The highest BCUT2D eigenvalue weighted by Gasteiger charge is 2.16. The number of methoxy groups -OCH3 is 3. The third-order valence-electron chi connectivity index (χ3n) is 3.89. The molecular formula is C19H17F2NO3. The van der Waals surface area contributed by atoms with Crippen molar-refractivity contribution in [1.29, 1.82) is 0 Å². The number of aromatic nitrogens is 1. The Labute approximate surface area is 144 Å². The topological polar surface area (TPSA) is 32.6 Å². The summed E-state index contributed by atoms with van der Waals surface area (Å²) in [5.41, 5.74) is 2.06. The second kappa shape index (κ2) is 6.84. The Morgan fingerprint density at radius 3 is 2.04 bits per heavy atom. The Hall–Kier alpha value is -3.02. The minimum atomic E-state index is -0.901. The van der Waals surface area contributed by atoms with E-state index in [2.05, 4.69) is 0 Å². The molecule has 130 valence electrons. The summed E-state index contributed by atoms with van der Waals surface area (Å²) < 4.78 is 44.6. The van der Waals surface area contributed by atoms with Crippen LogP contribution in [0.25, 0.3) is 16.9 Å². The van der Waals surface area contributed by atoms with Gasteiger partial charge in [-0.25, -0.2) is 8.78 Å². The lowest BCUT2D eigenvalue weighted by Crippen LogP contribution is -1.99. The molecule has 0 atom stereocenters. The van der Waals surface area contributed by atoms with Gasteiger partial charge in [0.25, 0.3) is 0 Å². The molecule has 0 fully saturated rings. The summed E-state index contributed by atoms with van der Waals surface area (Å²) in [6.07, 6.45) is 1.77. The van der Waals surface area contributed by atoms with Crippen molar-refractivity contribution in [1.82, 2.24) is 4.57 Å². The van der Waals surface area contributed by atoms with Crippen molar-refractivity contribution in [2.24, 2.45) is 0 Å². The van der Waals surface area contributed by atoms with E-state index >= 15 is 0 Å². The predicted octanol–water partition coefficient (Wildman–Crippen LogP) is 4.45. The van der Waals surface area contributed by atoms with Gasteiger partial charge in [-0.15, -0.1) is 0 Å². The van der Waals surface area contributed by atoms with E-state index in [1.165, 1.54) is 27.4 Å². The largest absolute Gasteiger partial charge is 0.493 e. The van der Waals surface area contributed by atoms with Gasteiger partial charge in [-0.3, -0.25) is 0 Å². The number of benzene rings is 2. The number of halogens is 2. The van der Waals surface area contributed by atoms with Gasteiger partial charge < -0.3 is 18.8 Å². The van der Waals surface area contributed by atoms with Gasteiger partial charge >= 0.3 is 0 Å². The highest BCUT2D eigenvalue weighted by atomic mass is 19.2. The average Bonchev–Trinajstić information content (AvgIpc) is 3.12. The Kier molecular flexibility index (Phi) is 4.61. The summed E-state index contributed by atoms with van der Waals surface area (Å²) in [6, 6.07) is 11.0. The van der Waals surface area contributed by atoms with Crippen LogP contribution in [-0.4, -0.2) is 25.9 Å². The molecule has 0 aliphatic heterocycles. The number of hydrogen-bond donors (Lipinski definition) is 0. The SMILES string of the molecule is COc1cc(-c2cccn2-c2ccc(F)c(F)c2)cc(OC)c1OC. The van der Waals surface area contributed by atoms with Crippen LogP contribution in [0.2, 0.25) is 0 Å². The zero-order valence-corrected chi connectivity index (χ0v) is 14.0. The molecule has 6 heteroatoms. The lowest BCUT2D eigenvalue weighted by Gasteiger charge is -2.15. The molecule has 4 nitrogen and oxygen atoms in total. The molecule has 1 aromatic heterocycles. The highest BCUT2D eigenvalue weighted by molar-refractivity contribution is 5.70. The maximum Gasteiger partial charge on any atom is 0.203 e. The fraction of sp³-hybridized carbons (Fsp3) is 0.158. The predicted molar refractivity (Wildman–Crippen MR) is 90.8 cm³/mol. The monoisotopic (exact) mass is 345 g/mol. The molecule has 0 aliphatic rings. The van der Waals surface area contributed by atoms with E-state index in [4.69, 9.17) is 14.2 Å². The van der Waals surface area contributed by atoms with Crippen LogP contribution in [0.3, 0.4) is 0 Å². The summed E-state index contributed by atoms with van der Waals surface area (Å²) in [6.45, 7) is 0. The van der Waals surface area contributed by atoms with Gasteiger partial charge in [0.2, 0.25) is 5.75 Å². The first kappa shape index (κ1) is 16.8. The highest BCUT2D eigenvalue weighted by Crippen LogP contribution is 2.41. The van der Waals surface area contributed by atoms with Gasteiger partial charge in [0.1, 0.15) is 0 Å². The van der Waals surface area contributed by atoms with Crippen LogP contribution in [0.4, 0.5) is 8.78 Å². The first-order valence-corrected chi connectivity index (χ1v) is 7.52. The number of rotatable bonds is 5. The summed E-state index contributed by atoms with van der Waals surface area (Å²) in [7, 11) is 4.61. The smallest absolute Gasteiger partial charge is 0.203 e. The molecule has 3 aromatic rings. The summed E-state index contributed by atoms with van der Waals surface area (Å²) >= 11 is 0. The van der Waals surface area contributed by atoms with E-state index in [1.807, 2.05) is 12.1 Å². The Bertz CT molecular complexity index is 880. The minimum Gasteiger partial charge on any atom is -0.493 e. The van der Waals surface area contributed by atoms with E-state index < -0.39 is 11.6 Å². The molecule has 0 N–H and O–H groups in total. The van der Waals surface area contributed by atoms with Crippen LogP contribution in [0, 0.1) is 11.6 Å². The molecule has 0 saturated carbocycles. The van der Waals surface area contributed by atoms with Crippen LogP contribution >= 0.6 is 0 Å². The Morgan fingerprint density at radius 1 is 0.800 bits per heavy atom.